The number of carbonyl (C=O) groups is 2. The second kappa shape index (κ2) is 62.9. The quantitative estimate of drug-likeness (QED) is 0.0320. The molecular weight excluding hydrogens is 899 g/mol. The zero-order valence-electron chi connectivity index (χ0n) is 49.4. The predicted molar refractivity (Wildman–Crippen MR) is 320 cm³/mol. The van der Waals surface area contributed by atoms with Crippen LogP contribution in [-0.2, 0) is 14.3 Å². The summed E-state index contributed by atoms with van der Waals surface area (Å²) in [6.07, 6.45) is 77.7. The van der Waals surface area contributed by atoms with Crippen molar-refractivity contribution in [1.29, 1.82) is 0 Å². The first kappa shape index (κ1) is 71.3. The molecule has 0 rings (SSSR count). The van der Waals surface area contributed by atoms with Crippen LogP contribution in [0.5, 0.6) is 0 Å². The standard InChI is InChI=1S/C67H129NO5/c1-3-5-7-9-11-13-15-17-19-20-21-23-26-29-32-35-39-43-47-51-55-59-65(70)64(63-69)68-66(71)60-56-52-48-44-40-36-33-30-27-24-22-25-28-31-34-38-42-46-50-54-58-62-73-67(72)61-57-53-49-45-41-37-18-16-14-12-10-8-6-4-2/h16,18,24,27,64-65,69-70H,3-15,17,19-23,25-26,28-63H2,1-2H3,(H,68,71)/b18-16-,27-24-. The molecule has 0 bridgehead atoms. The fraction of sp³-hybridized carbons (Fsp3) is 0.910. The van der Waals surface area contributed by atoms with Crippen molar-refractivity contribution >= 4 is 11.9 Å². The Balaban J connectivity index is 3.43. The number of aliphatic hydroxyl groups excluding tert-OH is 2. The largest absolute Gasteiger partial charge is 0.466 e. The molecule has 0 aliphatic heterocycles. The Morgan fingerprint density at radius 3 is 0.973 bits per heavy atom. The van der Waals surface area contributed by atoms with Crippen molar-refractivity contribution in [2.45, 2.75) is 379 Å². The van der Waals surface area contributed by atoms with Crippen molar-refractivity contribution in [2.75, 3.05) is 13.2 Å². The van der Waals surface area contributed by atoms with E-state index < -0.39 is 12.1 Å². The first-order valence-electron chi connectivity index (χ1n) is 33.1. The molecule has 432 valence electrons. The van der Waals surface area contributed by atoms with Gasteiger partial charge in [-0.1, -0.05) is 301 Å². The molecule has 0 radical (unpaired) electrons. The van der Waals surface area contributed by atoms with Gasteiger partial charge in [0.1, 0.15) is 0 Å². The van der Waals surface area contributed by atoms with Crippen LogP contribution in [0.15, 0.2) is 24.3 Å². The Labute approximate surface area is 456 Å². The van der Waals surface area contributed by atoms with Gasteiger partial charge in [-0.25, -0.2) is 0 Å². The summed E-state index contributed by atoms with van der Waals surface area (Å²) >= 11 is 0. The number of rotatable bonds is 62. The second-order valence-electron chi connectivity index (χ2n) is 22.8. The third-order valence-corrected chi connectivity index (χ3v) is 15.5. The fourth-order valence-electron chi connectivity index (χ4n) is 10.4. The van der Waals surface area contributed by atoms with Crippen LogP contribution >= 0.6 is 0 Å². The maximum absolute atomic E-state index is 12.5. The third kappa shape index (κ3) is 59.4. The van der Waals surface area contributed by atoms with E-state index in [1.807, 2.05) is 0 Å². The number of ether oxygens (including phenoxy) is 1. The van der Waals surface area contributed by atoms with E-state index in [-0.39, 0.29) is 18.5 Å². The molecule has 0 saturated carbocycles. The normalized spacial score (nSPS) is 12.7. The molecule has 0 saturated heterocycles. The van der Waals surface area contributed by atoms with E-state index in [2.05, 4.69) is 43.5 Å². The van der Waals surface area contributed by atoms with Crippen LogP contribution < -0.4 is 5.32 Å². The molecule has 1 amide bonds. The Morgan fingerprint density at radius 2 is 0.644 bits per heavy atom. The van der Waals surface area contributed by atoms with Gasteiger partial charge in [-0.3, -0.25) is 9.59 Å². The molecule has 6 heteroatoms. The molecule has 0 aliphatic carbocycles. The van der Waals surface area contributed by atoms with E-state index in [1.54, 1.807) is 0 Å². The van der Waals surface area contributed by atoms with E-state index in [9.17, 15) is 19.8 Å². The molecule has 3 N–H and O–H groups in total. The van der Waals surface area contributed by atoms with Gasteiger partial charge >= 0.3 is 5.97 Å². The summed E-state index contributed by atoms with van der Waals surface area (Å²) in [7, 11) is 0. The molecule has 2 atom stereocenters. The highest BCUT2D eigenvalue weighted by molar-refractivity contribution is 5.76. The summed E-state index contributed by atoms with van der Waals surface area (Å²) < 4.78 is 5.48. The molecule has 73 heavy (non-hydrogen) atoms. The molecule has 0 heterocycles. The summed E-state index contributed by atoms with van der Waals surface area (Å²) in [4.78, 5) is 24.6. The molecule has 0 aromatic rings. The maximum atomic E-state index is 12.5. The Morgan fingerprint density at radius 1 is 0.370 bits per heavy atom. The van der Waals surface area contributed by atoms with E-state index >= 15 is 0 Å². The number of esters is 1. The number of amides is 1. The maximum Gasteiger partial charge on any atom is 0.305 e. The number of hydrogen-bond donors (Lipinski definition) is 3. The molecular formula is C67H129NO5. The lowest BCUT2D eigenvalue weighted by atomic mass is 10.0. The SMILES string of the molecule is CCCCCCC/C=C\CCCCCCCC(=O)OCCCCCCCCCCCC/C=C\CCCCCCCCCC(=O)NC(CO)C(O)CCCCCCCCCCCCCCCCCCCCCCC. The van der Waals surface area contributed by atoms with Crippen molar-refractivity contribution in [2.24, 2.45) is 0 Å². The topological polar surface area (TPSA) is 95.9 Å². The van der Waals surface area contributed by atoms with Crippen LogP contribution in [0.4, 0.5) is 0 Å². The minimum Gasteiger partial charge on any atom is -0.466 e. The van der Waals surface area contributed by atoms with Crippen LogP contribution in [0.2, 0.25) is 0 Å². The predicted octanol–water partition coefficient (Wildman–Crippen LogP) is 21.0. The van der Waals surface area contributed by atoms with E-state index in [0.29, 0.717) is 25.9 Å². The lowest BCUT2D eigenvalue weighted by molar-refractivity contribution is -0.143. The zero-order chi connectivity index (χ0) is 52.9. The van der Waals surface area contributed by atoms with Crippen molar-refractivity contribution in [1.82, 2.24) is 5.32 Å². The minimum atomic E-state index is -0.670. The van der Waals surface area contributed by atoms with Gasteiger partial charge in [0.2, 0.25) is 5.91 Å². The highest BCUT2D eigenvalue weighted by Crippen LogP contribution is 2.18. The number of nitrogens with one attached hydrogen (secondary N) is 1. The molecule has 2 unspecified atom stereocenters. The monoisotopic (exact) mass is 1030 g/mol. The minimum absolute atomic E-state index is 0.000397. The Kier molecular flexibility index (Phi) is 61.4. The third-order valence-electron chi connectivity index (χ3n) is 15.5. The van der Waals surface area contributed by atoms with Gasteiger partial charge in [0.25, 0.3) is 0 Å². The summed E-state index contributed by atoms with van der Waals surface area (Å²) in [6, 6.07) is -0.548. The Hall–Kier alpha value is -1.66. The van der Waals surface area contributed by atoms with Gasteiger partial charge in [0.15, 0.2) is 0 Å². The molecule has 0 aromatic carbocycles. The van der Waals surface area contributed by atoms with Crippen molar-refractivity contribution in [3.05, 3.63) is 24.3 Å². The summed E-state index contributed by atoms with van der Waals surface area (Å²) in [6.45, 7) is 4.96. The molecule has 0 spiro atoms. The molecule has 0 fully saturated rings. The van der Waals surface area contributed by atoms with E-state index in [0.717, 1.165) is 44.9 Å². The van der Waals surface area contributed by atoms with Crippen LogP contribution in [0.3, 0.4) is 0 Å². The highest BCUT2D eigenvalue weighted by Gasteiger charge is 2.20. The Bertz CT molecular complexity index is 1140. The van der Waals surface area contributed by atoms with Gasteiger partial charge in [0.05, 0.1) is 25.4 Å². The number of aliphatic hydroxyl groups is 2. The lowest BCUT2D eigenvalue weighted by Gasteiger charge is -2.22. The fourth-order valence-corrected chi connectivity index (χ4v) is 10.4. The van der Waals surface area contributed by atoms with Crippen LogP contribution in [0, 0.1) is 0 Å². The summed E-state index contributed by atoms with van der Waals surface area (Å²) in [5, 5.41) is 23.4. The van der Waals surface area contributed by atoms with Gasteiger partial charge in [-0.15, -0.1) is 0 Å². The highest BCUT2D eigenvalue weighted by atomic mass is 16.5. The average Bonchev–Trinajstić information content (AvgIpc) is 3.39. The van der Waals surface area contributed by atoms with Gasteiger partial charge in [-0.05, 0) is 77.0 Å². The summed E-state index contributed by atoms with van der Waals surface area (Å²) in [5.74, 6) is -0.0388. The number of allylic oxidation sites excluding steroid dienone is 4. The summed E-state index contributed by atoms with van der Waals surface area (Å²) in [5.41, 5.74) is 0. The molecule has 0 aliphatic rings. The zero-order valence-corrected chi connectivity index (χ0v) is 49.4. The van der Waals surface area contributed by atoms with Gasteiger partial charge in [0, 0.05) is 12.8 Å². The number of hydrogen-bond acceptors (Lipinski definition) is 5. The van der Waals surface area contributed by atoms with Gasteiger partial charge in [-0.2, -0.15) is 0 Å². The molecule has 0 aromatic heterocycles. The average molecular weight is 1030 g/mol. The van der Waals surface area contributed by atoms with Gasteiger partial charge < -0.3 is 20.3 Å². The van der Waals surface area contributed by atoms with Crippen molar-refractivity contribution in [3.63, 3.8) is 0 Å². The second-order valence-corrected chi connectivity index (χ2v) is 22.8. The van der Waals surface area contributed by atoms with Crippen molar-refractivity contribution < 1.29 is 24.5 Å². The van der Waals surface area contributed by atoms with Crippen LogP contribution in [0.25, 0.3) is 0 Å². The first-order chi connectivity index (χ1) is 36.0. The van der Waals surface area contributed by atoms with Crippen molar-refractivity contribution in [3.8, 4) is 0 Å². The van der Waals surface area contributed by atoms with Crippen LogP contribution in [-0.4, -0.2) is 47.4 Å². The van der Waals surface area contributed by atoms with Crippen LogP contribution in [0.1, 0.15) is 367 Å². The smallest absolute Gasteiger partial charge is 0.305 e. The first-order valence-corrected chi connectivity index (χ1v) is 33.1. The van der Waals surface area contributed by atoms with E-state index in [4.69, 9.17) is 4.74 Å². The molecule has 6 nitrogen and oxygen atoms in total. The van der Waals surface area contributed by atoms with E-state index in [1.165, 1.54) is 289 Å². The number of unbranched alkanes of at least 4 members (excludes halogenated alkanes) is 47. The lowest BCUT2D eigenvalue weighted by Crippen LogP contribution is -2.45. The number of carbonyl (C=O) groups excluding carboxylic acids is 2.